The van der Waals surface area contributed by atoms with Gasteiger partial charge in [-0.3, -0.25) is 9.59 Å². The van der Waals surface area contributed by atoms with Gasteiger partial charge in [-0.2, -0.15) is 0 Å². The third-order valence-corrected chi connectivity index (χ3v) is 6.06. The van der Waals surface area contributed by atoms with Gasteiger partial charge in [0.1, 0.15) is 11.8 Å². The first-order valence-electron chi connectivity index (χ1n) is 12.0. The van der Waals surface area contributed by atoms with E-state index in [0.29, 0.717) is 17.2 Å². The van der Waals surface area contributed by atoms with Gasteiger partial charge in [-0.15, -0.1) is 0 Å². The van der Waals surface area contributed by atoms with E-state index >= 15 is 0 Å². The molecule has 5 nitrogen and oxygen atoms in total. The average molecular weight is 493 g/mol. The number of rotatable bonds is 11. The summed E-state index contributed by atoms with van der Waals surface area (Å²) in [4.78, 5) is 28.5. The summed E-state index contributed by atoms with van der Waals surface area (Å²) in [5.41, 5.74) is 2.92. The number of benzene rings is 3. The van der Waals surface area contributed by atoms with Gasteiger partial charge in [-0.05, 0) is 55.2 Å². The molecule has 0 heterocycles. The van der Waals surface area contributed by atoms with Crippen molar-refractivity contribution in [1.82, 2.24) is 10.2 Å². The molecule has 0 saturated heterocycles. The van der Waals surface area contributed by atoms with Crippen LogP contribution in [0.1, 0.15) is 37.5 Å². The minimum atomic E-state index is -0.727. The van der Waals surface area contributed by atoms with E-state index in [0.717, 1.165) is 17.5 Å². The minimum Gasteiger partial charge on any atom is -0.484 e. The molecular formula is C29H33ClN2O3. The molecular weight excluding hydrogens is 460 g/mol. The van der Waals surface area contributed by atoms with Crippen LogP contribution in [0, 0.1) is 0 Å². The maximum absolute atomic E-state index is 13.6. The van der Waals surface area contributed by atoms with Crippen LogP contribution in [-0.2, 0) is 29.0 Å². The van der Waals surface area contributed by atoms with Crippen LogP contribution in [0.3, 0.4) is 0 Å². The number of carbonyl (C=O) groups is 2. The number of amides is 2. The fourth-order valence-electron chi connectivity index (χ4n) is 3.79. The van der Waals surface area contributed by atoms with Gasteiger partial charge in [0.15, 0.2) is 6.61 Å². The lowest BCUT2D eigenvalue weighted by Gasteiger charge is -2.32. The number of hydrogen-bond acceptors (Lipinski definition) is 3. The Bertz CT molecular complexity index is 1100. The Kier molecular flexibility index (Phi) is 9.74. The smallest absolute Gasteiger partial charge is 0.261 e. The number of halogens is 1. The molecule has 6 heteroatoms. The highest BCUT2D eigenvalue weighted by Crippen LogP contribution is 2.21. The highest BCUT2D eigenvalue weighted by atomic mass is 35.5. The second-order valence-electron chi connectivity index (χ2n) is 8.77. The Morgan fingerprint density at radius 1 is 0.914 bits per heavy atom. The summed E-state index contributed by atoms with van der Waals surface area (Å²) in [5, 5.41) is 3.52. The maximum Gasteiger partial charge on any atom is 0.261 e. The van der Waals surface area contributed by atoms with Gasteiger partial charge in [-0.25, -0.2) is 0 Å². The van der Waals surface area contributed by atoms with Gasteiger partial charge in [0.2, 0.25) is 5.91 Å². The molecule has 35 heavy (non-hydrogen) atoms. The Labute approximate surface area is 213 Å². The molecule has 0 aromatic heterocycles. The topological polar surface area (TPSA) is 58.6 Å². The first-order valence-corrected chi connectivity index (χ1v) is 12.3. The van der Waals surface area contributed by atoms with E-state index in [9.17, 15) is 9.59 Å². The third-order valence-electron chi connectivity index (χ3n) is 5.69. The Hall–Kier alpha value is -3.31. The predicted molar refractivity (Wildman–Crippen MR) is 141 cm³/mol. The monoisotopic (exact) mass is 492 g/mol. The van der Waals surface area contributed by atoms with Crippen LogP contribution in [0.25, 0.3) is 0 Å². The fourth-order valence-corrected chi connectivity index (χ4v) is 3.99. The Balaban J connectivity index is 1.89. The van der Waals surface area contributed by atoms with Crippen molar-refractivity contribution in [2.45, 2.75) is 52.2 Å². The van der Waals surface area contributed by atoms with Gasteiger partial charge in [0.25, 0.3) is 5.91 Å². The van der Waals surface area contributed by atoms with Gasteiger partial charge in [0, 0.05) is 24.0 Å². The van der Waals surface area contributed by atoms with Crippen LogP contribution in [0.4, 0.5) is 0 Å². The first kappa shape index (κ1) is 26.3. The summed E-state index contributed by atoms with van der Waals surface area (Å²) in [6.45, 7) is 5.90. The lowest BCUT2D eigenvalue weighted by Crippen LogP contribution is -2.52. The zero-order valence-corrected chi connectivity index (χ0v) is 21.3. The molecule has 3 aromatic rings. The van der Waals surface area contributed by atoms with E-state index in [1.54, 1.807) is 11.0 Å². The number of hydrogen-bond donors (Lipinski definition) is 1. The van der Waals surface area contributed by atoms with Crippen molar-refractivity contribution in [3.05, 3.63) is 101 Å². The van der Waals surface area contributed by atoms with Gasteiger partial charge in [0.05, 0.1) is 0 Å². The lowest BCUT2D eigenvalue weighted by atomic mass is 10.0. The summed E-state index contributed by atoms with van der Waals surface area (Å²) in [6.07, 6.45) is 1.30. The molecule has 0 radical (unpaired) electrons. The van der Waals surface area contributed by atoms with Crippen molar-refractivity contribution in [2.75, 3.05) is 6.61 Å². The summed E-state index contributed by atoms with van der Waals surface area (Å²) in [6, 6.07) is 24.0. The van der Waals surface area contributed by atoms with Crippen molar-refractivity contribution in [2.24, 2.45) is 0 Å². The quantitative estimate of drug-likeness (QED) is 0.387. The standard InChI is InChI=1S/C29H33ClN2O3/c1-4-22-14-16-25(17-15-22)35-20-28(33)32(19-24-12-8-9-13-26(24)30)27(29(34)31-21(2)3)18-23-10-6-5-7-11-23/h5-17,21,27H,4,18-20H2,1-3H3,(H,31,34)/t27-/m1/s1. The molecule has 3 aromatic carbocycles. The molecule has 2 amide bonds. The van der Waals surface area contributed by atoms with Crippen LogP contribution < -0.4 is 10.1 Å². The highest BCUT2D eigenvalue weighted by Gasteiger charge is 2.31. The molecule has 0 unspecified atom stereocenters. The molecule has 0 fully saturated rings. The van der Waals surface area contributed by atoms with Gasteiger partial charge >= 0.3 is 0 Å². The second kappa shape index (κ2) is 13.0. The summed E-state index contributed by atoms with van der Waals surface area (Å²) in [5.74, 6) is 0.111. The van der Waals surface area contributed by atoms with Crippen molar-refractivity contribution in [3.63, 3.8) is 0 Å². The van der Waals surface area contributed by atoms with E-state index in [-0.39, 0.29) is 31.0 Å². The molecule has 184 valence electrons. The van der Waals surface area contributed by atoms with Crippen LogP contribution in [0.5, 0.6) is 5.75 Å². The molecule has 0 saturated carbocycles. The number of aryl methyl sites for hydroxylation is 1. The SMILES string of the molecule is CCc1ccc(OCC(=O)N(Cc2ccccc2Cl)[C@H](Cc2ccccc2)C(=O)NC(C)C)cc1. The molecule has 0 spiro atoms. The maximum atomic E-state index is 13.6. The molecule has 0 aliphatic heterocycles. The predicted octanol–water partition coefficient (Wildman–Crippen LogP) is 5.45. The van der Waals surface area contributed by atoms with Gasteiger partial charge in [-0.1, -0.05) is 79.2 Å². The largest absolute Gasteiger partial charge is 0.484 e. The van der Waals surface area contributed by atoms with Crippen molar-refractivity contribution < 1.29 is 14.3 Å². The zero-order valence-electron chi connectivity index (χ0n) is 20.5. The molecule has 0 aliphatic rings. The van der Waals surface area contributed by atoms with E-state index in [2.05, 4.69) is 12.2 Å². The Morgan fingerprint density at radius 3 is 2.20 bits per heavy atom. The summed E-state index contributed by atoms with van der Waals surface area (Å²) in [7, 11) is 0. The van der Waals surface area contributed by atoms with Crippen LogP contribution in [0.2, 0.25) is 5.02 Å². The fraction of sp³-hybridized carbons (Fsp3) is 0.310. The molecule has 1 atom stereocenters. The van der Waals surface area contributed by atoms with E-state index in [1.807, 2.05) is 86.6 Å². The first-order chi connectivity index (χ1) is 16.9. The van der Waals surface area contributed by atoms with Crippen molar-refractivity contribution in [3.8, 4) is 5.75 Å². The minimum absolute atomic E-state index is 0.0635. The van der Waals surface area contributed by atoms with E-state index < -0.39 is 6.04 Å². The normalized spacial score (nSPS) is 11.7. The number of nitrogens with zero attached hydrogens (tertiary/aromatic N) is 1. The molecule has 3 rings (SSSR count). The van der Waals surface area contributed by atoms with Gasteiger partial charge < -0.3 is 15.0 Å². The summed E-state index contributed by atoms with van der Waals surface area (Å²) >= 11 is 6.43. The van der Waals surface area contributed by atoms with E-state index in [4.69, 9.17) is 16.3 Å². The van der Waals surface area contributed by atoms with Crippen LogP contribution in [-0.4, -0.2) is 35.4 Å². The number of carbonyl (C=O) groups excluding carboxylic acids is 2. The lowest BCUT2D eigenvalue weighted by molar-refractivity contribution is -0.143. The number of ether oxygens (including phenoxy) is 1. The zero-order chi connectivity index (χ0) is 25.2. The van der Waals surface area contributed by atoms with Crippen LogP contribution in [0.15, 0.2) is 78.9 Å². The number of nitrogens with one attached hydrogen (secondary N) is 1. The average Bonchev–Trinajstić information content (AvgIpc) is 2.86. The molecule has 0 aliphatic carbocycles. The van der Waals surface area contributed by atoms with Crippen LogP contribution >= 0.6 is 11.6 Å². The van der Waals surface area contributed by atoms with Crippen molar-refractivity contribution >= 4 is 23.4 Å². The third kappa shape index (κ3) is 7.86. The Morgan fingerprint density at radius 2 is 1.57 bits per heavy atom. The summed E-state index contributed by atoms with van der Waals surface area (Å²) < 4.78 is 5.82. The van der Waals surface area contributed by atoms with Crippen molar-refractivity contribution in [1.29, 1.82) is 0 Å². The molecule has 0 bridgehead atoms. The van der Waals surface area contributed by atoms with E-state index in [1.165, 1.54) is 5.56 Å². The highest BCUT2D eigenvalue weighted by molar-refractivity contribution is 6.31. The molecule has 1 N–H and O–H groups in total. The second-order valence-corrected chi connectivity index (χ2v) is 9.18.